The summed E-state index contributed by atoms with van der Waals surface area (Å²) in [5, 5.41) is 23.2. The van der Waals surface area contributed by atoms with E-state index in [-0.39, 0.29) is 18.5 Å². The molecule has 0 aliphatic rings. The second-order valence-electron chi connectivity index (χ2n) is 22.4. The number of nitrogens with one attached hydrogen (secondary N) is 1. The Labute approximate surface area is 455 Å². The van der Waals surface area contributed by atoms with Gasteiger partial charge in [-0.15, -0.1) is 0 Å². The van der Waals surface area contributed by atoms with Crippen LogP contribution >= 0.6 is 0 Å². The molecule has 0 radical (unpaired) electrons. The topological polar surface area (TPSA) is 95.9 Å². The first kappa shape index (κ1) is 71.1. The number of amides is 1. The molecule has 0 aromatic heterocycles. The zero-order valence-electron chi connectivity index (χ0n) is 49.1. The molecule has 73 heavy (non-hydrogen) atoms. The van der Waals surface area contributed by atoms with Crippen molar-refractivity contribution in [3.05, 3.63) is 36.5 Å². The lowest BCUT2D eigenvalue weighted by molar-refractivity contribution is -0.143. The van der Waals surface area contributed by atoms with Crippen LogP contribution in [0.3, 0.4) is 0 Å². The van der Waals surface area contributed by atoms with Gasteiger partial charge >= 0.3 is 5.97 Å². The molecular weight excluding hydrogens is 899 g/mol. The molecule has 0 rings (SSSR count). The highest BCUT2D eigenvalue weighted by atomic mass is 16.5. The van der Waals surface area contributed by atoms with E-state index in [9.17, 15) is 19.8 Å². The molecule has 6 heteroatoms. The molecule has 0 fully saturated rings. The van der Waals surface area contributed by atoms with Gasteiger partial charge in [0.05, 0.1) is 25.4 Å². The van der Waals surface area contributed by atoms with E-state index in [0.29, 0.717) is 25.9 Å². The lowest BCUT2D eigenvalue weighted by atomic mass is 10.0. The van der Waals surface area contributed by atoms with E-state index in [4.69, 9.17) is 4.74 Å². The lowest BCUT2D eigenvalue weighted by Gasteiger charge is -2.22. The summed E-state index contributed by atoms with van der Waals surface area (Å²) in [6, 6.07) is -0.538. The van der Waals surface area contributed by atoms with Crippen molar-refractivity contribution in [2.24, 2.45) is 0 Å². The maximum atomic E-state index is 12.4. The summed E-state index contributed by atoms with van der Waals surface area (Å²) in [7, 11) is 0. The van der Waals surface area contributed by atoms with Gasteiger partial charge in [0.2, 0.25) is 5.91 Å². The van der Waals surface area contributed by atoms with Crippen LogP contribution in [0.1, 0.15) is 354 Å². The Morgan fingerprint density at radius 3 is 1.08 bits per heavy atom. The summed E-state index contributed by atoms with van der Waals surface area (Å²) in [4.78, 5) is 24.5. The summed E-state index contributed by atoms with van der Waals surface area (Å²) in [6.45, 7) is 4.92. The van der Waals surface area contributed by atoms with E-state index < -0.39 is 12.1 Å². The summed E-state index contributed by atoms with van der Waals surface area (Å²) in [5.74, 6) is -0.0300. The van der Waals surface area contributed by atoms with Crippen LogP contribution < -0.4 is 5.32 Å². The second-order valence-corrected chi connectivity index (χ2v) is 22.4. The predicted molar refractivity (Wildman–Crippen MR) is 319 cm³/mol. The smallest absolute Gasteiger partial charge is 0.305 e. The molecule has 0 aliphatic heterocycles. The number of hydrogen-bond donors (Lipinski definition) is 3. The number of esters is 1. The average Bonchev–Trinajstić information content (AvgIpc) is 3.39. The third kappa shape index (κ3) is 59.2. The van der Waals surface area contributed by atoms with Gasteiger partial charge in [-0.3, -0.25) is 9.59 Å². The van der Waals surface area contributed by atoms with Crippen molar-refractivity contribution >= 4 is 11.9 Å². The molecule has 0 aromatic carbocycles. The number of carbonyl (C=O) groups is 2. The van der Waals surface area contributed by atoms with Gasteiger partial charge in [0.1, 0.15) is 0 Å². The van der Waals surface area contributed by atoms with Gasteiger partial charge in [0.25, 0.3) is 0 Å². The Hall–Kier alpha value is -1.92. The molecule has 0 aliphatic carbocycles. The summed E-state index contributed by atoms with van der Waals surface area (Å²) in [6.07, 6.45) is 79.0. The number of rotatable bonds is 61. The van der Waals surface area contributed by atoms with Crippen molar-refractivity contribution in [2.45, 2.75) is 366 Å². The molecule has 0 saturated carbocycles. The van der Waals surface area contributed by atoms with Crippen LogP contribution in [0.15, 0.2) is 36.5 Å². The normalized spacial score (nSPS) is 12.8. The molecule has 2 atom stereocenters. The third-order valence-corrected chi connectivity index (χ3v) is 15.2. The Bertz CT molecular complexity index is 1180. The zero-order chi connectivity index (χ0) is 52.9. The fourth-order valence-electron chi connectivity index (χ4n) is 10.1. The van der Waals surface area contributed by atoms with Gasteiger partial charge in [0.15, 0.2) is 0 Å². The van der Waals surface area contributed by atoms with Gasteiger partial charge in [-0.05, 0) is 83.5 Å². The monoisotopic (exact) mass is 1030 g/mol. The van der Waals surface area contributed by atoms with Gasteiger partial charge in [-0.25, -0.2) is 0 Å². The van der Waals surface area contributed by atoms with Gasteiger partial charge in [-0.2, -0.15) is 0 Å². The van der Waals surface area contributed by atoms with E-state index in [1.165, 1.54) is 270 Å². The van der Waals surface area contributed by atoms with E-state index >= 15 is 0 Å². The molecule has 0 saturated heterocycles. The van der Waals surface area contributed by atoms with Crippen molar-refractivity contribution in [1.29, 1.82) is 0 Å². The minimum absolute atomic E-state index is 0.00362. The molecule has 2 unspecified atom stereocenters. The maximum absolute atomic E-state index is 12.4. The van der Waals surface area contributed by atoms with Crippen molar-refractivity contribution in [3.8, 4) is 0 Å². The fraction of sp³-hybridized carbons (Fsp3) is 0.881. The number of allylic oxidation sites excluding steroid dienone is 6. The minimum atomic E-state index is -0.661. The van der Waals surface area contributed by atoms with E-state index in [1.54, 1.807) is 0 Å². The Morgan fingerprint density at radius 1 is 0.384 bits per heavy atom. The van der Waals surface area contributed by atoms with Crippen LogP contribution in [0.4, 0.5) is 0 Å². The van der Waals surface area contributed by atoms with Gasteiger partial charge < -0.3 is 20.3 Å². The first-order valence-electron chi connectivity index (χ1n) is 32.7. The van der Waals surface area contributed by atoms with Crippen LogP contribution in [0.5, 0.6) is 0 Å². The summed E-state index contributed by atoms with van der Waals surface area (Å²) < 4.78 is 5.48. The minimum Gasteiger partial charge on any atom is -0.466 e. The number of carbonyl (C=O) groups excluding carboxylic acids is 2. The van der Waals surface area contributed by atoms with Crippen LogP contribution in [-0.4, -0.2) is 47.4 Å². The Kier molecular flexibility index (Phi) is 61.0. The van der Waals surface area contributed by atoms with E-state index in [2.05, 4.69) is 55.6 Å². The first-order valence-corrected chi connectivity index (χ1v) is 32.7. The number of aliphatic hydroxyl groups excluding tert-OH is 2. The number of hydrogen-bond acceptors (Lipinski definition) is 5. The van der Waals surface area contributed by atoms with Gasteiger partial charge in [-0.1, -0.05) is 294 Å². The Balaban J connectivity index is 3.34. The van der Waals surface area contributed by atoms with Crippen LogP contribution in [0.25, 0.3) is 0 Å². The van der Waals surface area contributed by atoms with Crippen LogP contribution in [0, 0.1) is 0 Å². The SMILES string of the molecule is CCCCC/C=C\C/C=C\CCCCCCCC(=O)OCCCCCCCCCCCCCC/C=C\CCCCCCCCCCCCCCCCCC(=O)NC(CO)C(O)CCCCCCCCCCCC. The third-order valence-electron chi connectivity index (χ3n) is 15.2. The molecule has 0 aromatic rings. The predicted octanol–water partition coefficient (Wildman–Crippen LogP) is 20.8. The van der Waals surface area contributed by atoms with Gasteiger partial charge in [0, 0.05) is 12.8 Å². The van der Waals surface area contributed by atoms with Crippen molar-refractivity contribution in [3.63, 3.8) is 0 Å². The van der Waals surface area contributed by atoms with E-state index in [1.807, 2.05) is 0 Å². The standard InChI is InChI=1S/C67H127NO5/c1-3-5-7-9-11-13-15-16-34-38-41-45-49-53-57-61-67(72)73-62-58-54-50-46-42-39-36-33-31-29-27-25-23-21-19-17-18-20-22-24-26-28-30-32-35-37-40-44-48-52-56-60-66(71)68-64(63-69)65(70)59-55-51-47-43-14-12-10-8-6-4-2/h11,13,16,19,21,34,64-65,69-70H,3-10,12,14-15,17-18,20,22-33,35-63H2,1-2H3,(H,68,71)/b13-11-,21-19-,34-16-. The molecule has 1 amide bonds. The number of unbranched alkanes of at least 4 members (excludes halogenated alkanes) is 44. The Morgan fingerprint density at radius 2 is 0.685 bits per heavy atom. The maximum Gasteiger partial charge on any atom is 0.305 e. The molecule has 0 heterocycles. The molecule has 6 nitrogen and oxygen atoms in total. The highest BCUT2D eigenvalue weighted by Crippen LogP contribution is 2.18. The fourth-order valence-corrected chi connectivity index (χ4v) is 10.1. The van der Waals surface area contributed by atoms with Crippen LogP contribution in [-0.2, 0) is 14.3 Å². The summed E-state index contributed by atoms with van der Waals surface area (Å²) in [5.41, 5.74) is 0. The second kappa shape index (κ2) is 62.6. The highest BCUT2D eigenvalue weighted by molar-refractivity contribution is 5.76. The van der Waals surface area contributed by atoms with Crippen molar-refractivity contribution in [2.75, 3.05) is 13.2 Å². The van der Waals surface area contributed by atoms with Crippen molar-refractivity contribution in [1.82, 2.24) is 5.32 Å². The number of ether oxygens (including phenoxy) is 1. The molecular formula is C67H127NO5. The molecule has 430 valence electrons. The van der Waals surface area contributed by atoms with E-state index in [0.717, 1.165) is 51.4 Å². The zero-order valence-corrected chi connectivity index (χ0v) is 49.1. The number of aliphatic hydroxyl groups is 2. The molecule has 0 bridgehead atoms. The lowest BCUT2D eigenvalue weighted by Crippen LogP contribution is -2.45. The summed E-state index contributed by atoms with van der Waals surface area (Å²) >= 11 is 0. The largest absolute Gasteiger partial charge is 0.466 e. The quantitative estimate of drug-likeness (QED) is 0.0320. The highest BCUT2D eigenvalue weighted by Gasteiger charge is 2.20. The first-order chi connectivity index (χ1) is 36.0. The molecule has 0 spiro atoms. The van der Waals surface area contributed by atoms with Crippen LogP contribution in [0.2, 0.25) is 0 Å². The average molecular weight is 1030 g/mol. The van der Waals surface area contributed by atoms with Crippen molar-refractivity contribution < 1.29 is 24.5 Å². The molecule has 3 N–H and O–H groups in total.